The molecular weight excluding hydrogens is 307 g/mol. The molecule has 0 saturated carbocycles. The van der Waals surface area contributed by atoms with Crippen LogP contribution in [0.15, 0.2) is 54.6 Å². The van der Waals surface area contributed by atoms with Gasteiger partial charge < -0.3 is 15.0 Å². The highest BCUT2D eigenvalue weighted by atomic mass is 19.1. The van der Waals surface area contributed by atoms with Crippen LogP contribution in [0, 0.1) is 5.82 Å². The van der Waals surface area contributed by atoms with Crippen LogP contribution < -0.4 is 10.1 Å². The molecule has 1 amide bonds. The van der Waals surface area contributed by atoms with Crippen LogP contribution in [0.5, 0.6) is 5.75 Å². The van der Waals surface area contributed by atoms with E-state index in [1.54, 1.807) is 6.92 Å². The first-order valence-electron chi connectivity index (χ1n) is 7.88. The Balaban J connectivity index is 2.02. The molecule has 24 heavy (non-hydrogen) atoms. The predicted octanol–water partition coefficient (Wildman–Crippen LogP) is 3.01. The fourth-order valence-corrected chi connectivity index (χ4v) is 2.34. The van der Waals surface area contributed by atoms with E-state index in [-0.39, 0.29) is 17.8 Å². The molecule has 2 atom stereocenters. The normalized spacial score (nSPS) is 13.4. The lowest BCUT2D eigenvalue weighted by molar-refractivity contribution is -0.128. The van der Waals surface area contributed by atoms with Crippen LogP contribution in [0.3, 0.4) is 0 Å². The number of amides is 1. The summed E-state index contributed by atoms with van der Waals surface area (Å²) in [5.74, 6) is -0.0903. The third kappa shape index (κ3) is 5.35. The van der Waals surface area contributed by atoms with E-state index in [2.05, 4.69) is 5.32 Å². The Hall–Kier alpha value is -2.40. The van der Waals surface area contributed by atoms with Crippen molar-refractivity contribution in [3.63, 3.8) is 0 Å². The lowest BCUT2D eigenvalue weighted by Crippen LogP contribution is -2.41. The molecule has 0 bridgehead atoms. The van der Waals surface area contributed by atoms with Crippen LogP contribution in [0.25, 0.3) is 0 Å². The minimum atomic E-state index is -0.677. The smallest absolute Gasteiger partial charge is 0.261 e. The number of hydrogen-bond acceptors (Lipinski definition) is 3. The Kier molecular flexibility index (Phi) is 6.32. The van der Waals surface area contributed by atoms with Gasteiger partial charge in [-0.15, -0.1) is 0 Å². The highest BCUT2D eigenvalue weighted by Crippen LogP contribution is 2.16. The number of carbonyl (C=O) groups excluding carboxylic acids is 1. The molecule has 0 heterocycles. The molecule has 4 nitrogen and oxygen atoms in total. The summed E-state index contributed by atoms with van der Waals surface area (Å²) in [6.45, 7) is 2.36. The van der Waals surface area contributed by atoms with Crippen LogP contribution in [-0.2, 0) is 4.79 Å². The fraction of sp³-hybridized carbons (Fsp3) is 0.316. The SMILES string of the molecule is C[C@@H](Oc1ccc(F)cc1)C(=O)N[C@@H](CN(C)C)c1ccccc1. The summed E-state index contributed by atoms with van der Waals surface area (Å²) < 4.78 is 18.5. The van der Waals surface area contributed by atoms with E-state index >= 15 is 0 Å². The molecule has 0 aliphatic rings. The van der Waals surface area contributed by atoms with Gasteiger partial charge in [0.1, 0.15) is 11.6 Å². The van der Waals surface area contributed by atoms with Crippen molar-refractivity contribution >= 4 is 5.91 Å². The summed E-state index contributed by atoms with van der Waals surface area (Å²) in [6.07, 6.45) is -0.677. The first-order chi connectivity index (χ1) is 11.5. The molecule has 2 aromatic rings. The quantitative estimate of drug-likeness (QED) is 0.848. The predicted molar refractivity (Wildman–Crippen MR) is 92.4 cm³/mol. The summed E-state index contributed by atoms with van der Waals surface area (Å²) >= 11 is 0. The third-order valence-corrected chi connectivity index (χ3v) is 3.56. The molecule has 128 valence electrons. The van der Waals surface area contributed by atoms with Gasteiger partial charge in [0.2, 0.25) is 0 Å². The minimum Gasteiger partial charge on any atom is -0.481 e. The van der Waals surface area contributed by atoms with Gasteiger partial charge in [0.05, 0.1) is 6.04 Å². The monoisotopic (exact) mass is 330 g/mol. The molecule has 0 spiro atoms. The van der Waals surface area contributed by atoms with E-state index in [0.29, 0.717) is 12.3 Å². The van der Waals surface area contributed by atoms with Crippen LogP contribution in [0.4, 0.5) is 4.39 Å². The number of benzene rings is 2. The average molecular weight is 330 g/mol. The Morgan fingerprint density at radius 2 is 1.75 bits per heavy atom. The number of likely N-dealkylation sites (N-methyl/N-ethyl adjacent to an activating group) is 1. The Morgan fingerprint density at radius 1 is 1.12 bits per heavy atom. The van der Waals surface area contributed by atoms with E-state index in [9.17, 15) is 9.18 Å². The molecule has 0 aliphatic carbocycles. The number of rotatable bonds is 7. The van der Waals surface area contributed by atoms with Gasteiger partial charge in [-0.05, 0) is 50.8 Å². The highest BCUT2D eigenvalue weighted by molar-refractivity contribution is 5.81. The first kappa shape index (κ1) is 17.9. The van der Waals surface area contributed by atoms with E-state index in [1.807, 2.05) is 49.3 Å². The zero-order valence-corrected chi connectivity index (χ0v) is 14.2. The zero-order valence-electron chi connectivity index (χ0n) is 14.2. The van der Waals surface area contributed by atoms with Crippen molar-refractivity contribution in [2.45, 2.75) is 19.1 Å². The number of carbonyl (C=O) groups is 1. The maximum Gasteiger partial charge on any atom is 0.261 e. The van der Waals surface area contributed by atoms with Gasteiger partial charge in [-0.3, -0.25) is 4.79 Å². The van der Waals surface area contributed by atoms with Crippen molar-refractivity contribution in [2.24, 2.45) is 0 Å². The van der Waals surface area contributed by atoms with Crippen molar-refractivity contribution in [3.8, 4) is 5.75 Å². The molecule has 5 heteroatoms. The summed E-state index contributed by atoms with van der Waals surface area (Å²) in [4.78, 5) is 14.5. The Labute approximate surface area is 142 Å². The zero-order chi connectivity index (χ0) is 17.5. The second-order valence-electron chi connectivity index (χ2n) is 5.95. The molecule has 0 saturated heterocycles. The molecule has 0 radical (unpaired) electrons. The van der Waals surface area contributed by atoms with Gasteiger partial charge >= 0.3 is 0 Å². The number of halogens is 1. The first-order valence-corrected chi connectivity index (χ1v) is 7.88. The summed E-state index contributed by atoms with van der Waals surface area (Å²) in [5.41, 5.74) is 1.04. The van der Waals surface area contributed by atoms with Gasteiger partial charge in [0, 0.05) is 6.54 Å². The van der Waals surface area contributed by atoms with Crippen molar-refractivity contribution in [1.82, 2.24) is 10.2 Å². The minimum absolute atomic E-state index is 0.132. The second-order valence-corrected chi connectivity index (χ2v) is 5.95. The van der Waals surface area contributed by atoms with E-state index in [0.717, 1.165) is 5.56 Å². The van der Waals surface area contributed by atoms with Crippen LogP contribution >= 0.6 is 0 Å². The highest BCUT2D eigenvalue weighted by Gasteiger charge is 2.20. The summed E-state index contributed by atoms with van der Waals surface area (Å²) in [5, 5.41) is 3.02. The van der Waals surface area contributed by atoms with Gasteiger partial charge in [-0.2, -0.15) is 0 Å². The molecule has 1 N–H and O–H groups in total. The second kappa shape index (κ2) is 8.45. The van der Waals surface area contributed by atoms with Crippen LogP contribution in [0.2, 0.25) is 0 Å². The van der Waals surface area contributed by atoms with E-state index < -0.39 is 6.10 Å². The van der Waals surface area contributed by atoms with Crippen molar-refractivity contribution in [2.75, 3.05) is 20.6 Å². The lowest BCUT2D eigenvalue weighted by atomic mass is 10.1. The molecular formula is C19H23FN2O2. The molecule has 0 aliphatic heterocycles. The third-order valence-electron chi connectivity index (χ3n) is 3.56. The molecule has 0 unspecified atom stereocenters. The number of nitrogens with one attached hydrogen (secondary N) is 1. The molecule has 2 rings (SSSR count). The van der Waals surface area contributed by atoms with Crippen LogP contribution in [-0.4, -0.2) is 37.6 Å². The van der Waals surface area contributed by atoms with Crippen LogP contribution in [0.1, 0.15) is 18.5 Å². The van der Waals surface area contributed by atoms with Gasteiger partial charge in [0.15, 0.2) is 6.10 Å². The summed E-state index contributed by atoms with van der Waals surface area (Å²) in [6, 6.07) is 15.3. The maximum absolute atomic E-state index is 12.9. The standard InChI is InChI=1S/C19H23FN2O2/c1-14(24-17-11-9-16(20)10-12-17)19(23)21-18(13-22(2)3)15-7-5-4-6-8-15/h4-12,14,18H,13H2,1-3H3,(H,21,23)/t14-,18+/m1/s1. The fourth-order valence-electron chi connectivity index (χ4n) is 2.34. The number of hydrogen-bond donors (Lipinski definition) is 1. The largest absolute Gasteiger partial charge is 0.481 e. The van der Waals surface area contributed by atoms with Crippen molar-refractivity contribution < 1.29 is 13.9 Å². The van der Waals surface area contributed by atoms with E-state index in [1.165, 1.54) is 24.3 Å². The molecule has 2 aromatic carbocycles. The number of nitrogens with zero attached hydrogens (tertiary/aromatic N) is 1. The lowest BCUT2D eigenvalue weighted by Gasteiger charge is -2.24. The van der Waals surface area contributed by atoms with Crippen molar-refractivity contribution in [3.05, 3.63) is 66.0 Å². The van der Waals surface area contributed by atoms with Gasteiger partial charge in [0.25, 0.3) is 5.91 Å². The Bertz CT molecular complexity index is 644. The number of ether oxygens (including phenoxy) is 1. The summed E-state index contributed by atoms with van der Waals surface area (Å²) in [7, 11) is 3.92. The molecule has 0 aromatic heterocycles. The maximum atomic E-state index is 12.9. The Morgan fingerprint density at radius 3 is 2.33 bits per heavy atom. The van der Waals surface area contributed by atoms with Crippen molar-refractivity contribution in [1.29, 1.82) is 0 Å². The van der Waals surface area contributed by atoms with E-state index in [4.69, 9.17) is 4.74 Å². The molecule has 0 fully saturated rings. The topological polar surface area (TPSA) is 41.6 Å². The van der Waals surface area contributed by atoms with Gasteiger partial charge in [-0.1, -0.05) is 30.3 Å². The van der Waals surface area contributed by atoms with Gasteiger partial charge in [-0.25, -0.2) is 4.39 Å². The average Bonchev–Trinajstić information content (AvgIpc) is 2.56.